The first-order valence-electron chi connectivity index (χ1n) is 4.38. The van der Waals surface area contributed by atoms with Crippen LogP contribution < -0.4 is 0 Å². The van der Waals surface area contributed by atoms with E-state index in [-0.39, 0.29) is 0 Å². The van der Waals surface area contributed by atoms with Gasteiger partial charge in [0.2, 0.25) is 0 Å². The van der Waals surface area contributed by atoms with Gasteiger partial charge in [-0.25, -0.2) is 0 Å². The van der Waals surface area contributed by atoms with E-state index in [1.807, 2.05) is 6.92 Å². The van der Waals surface area contributed by atoms with Gasteiger partial charge in [0.1, 0.15) is 0 Å². The van der Waals surface area contributed by atoms with Crippen molar-refractivity contribution in [2.45, 2.75) is 46.0 Å². The molecule has 1 saturated carbocycles. The molecule has 0 atom stereocenters. The van der Waals surface area contributed by atoms with Crippen molar-refractivity contribution in [2.75, 3.05) is 0 Å². The van der Waals surface area contributed by atoms with Gasteiger partial charge in [0.05, 0.1) is 0 Å². The van der Waals surface area contributed by atoms with E-state index in [1.165, 1.54) is 32.1 Å². The highest BCUT2D eigenvalue weighted by atomic mass is 14.1. The average molecular weight is 140 g/mol. The molecule has 0 saturated heterocycles. The quantitative estimate of drug-likeness (QED) is 0.449. The molecule has 0 radical (unpaired) electrons. The molecule has 1 aliphatic carbocycles. The second-order valence-electron chi connectivity index (χ2n) is 3.15. The molecule has 1 aliphatic rings. The Hall–Kier alpha value is -0.260. The van der Waals surface area contributed by atoms with Crippen molar-refractivity contribution in [3.63, 3.8) is 0 Å². The minimum Gasteiger partial charge on any atom is -0.103 e. The van der Waals surface area contributed by atoms with Gasteiger partial charge >= 0.3 is 0 Å². The molecular formula is C10H20. The van der Waals surface area contributed by atoms with E-state index in [4.69, 9.17) is 0 Å². The second-order valence-corrected chi connectivity index (χ2v) is 3.15. The molecule has 0 unspecified atom stereocenters. The Kier molecular flexibility index (Phi) is 6.68. The molecule has 60 valence electrons. The van der Waals surface area contributed by atoms with Crippen molar-refractivity contribution in [3.05, 3.63) is 12.7 Å². The minimum absolute atomic E-state index is 1.04. The van der Waals surface area contributed by atoms with Gasteiger partial charge in [-0.15, -0.1) is 6.58 Å². The first-order chi connectivity index (χ1) is 4.81. The summed E-state index contributed by atoms with van der Waals surface area (Å²) in [6, 6.07) is 0. The maximum absolute atomic E-state index is 3.36. The molecule has 0 aromatic rings. The Labute approximate surface area is 65.3 Å². The molecule has 0 spiro atoms. The van der Waals surface area contributed by atoms with Gasteiger partial charge < -0.3 is 0 Å². The minimum atomic E-state index is 1.04. The molecule has 1 fully saturated rings. The molecule has 10 heavy (non-hydrogen) atoms. The van der Waals surface area contributed by atoms with E-state index < -0.39 is 0 Å². The van der Waals surface area contributed by atoms with Crippen molar-refractivity contribution in [1.82, 2.24) is 0 Å². The molecule has 0 N–H and O–H groups in total. The summed E-state index contributed by atoms with van der Waals surface area (Å²) in [5, 5.41) is 0. The van der Waals surface area contributed by atoms with Crippen LogP contribution in [0.4, 0.5) is 0 Å². The highest BCUT2D eigenvalue weighted by Crippen LogP contribution is 2.21. The molecule has 0 nitrogen and oxygen atoms in total. The lowest BCUT2D eigenvalue weighted by Crippen LogP contribution is -1.99. The lowest BCUT2D eigenvalue weighted by molar-refractivity contribution is 0.385. The van der Waals surface area contributed by atoms with E-state index in [0.29, 0.717) is 0 Å². The summed E-state index contributed by atoms with van der Waals surface area (Å²) in [5.74, 6) is 1.04. The van der Waals surface area contributed by atoms with Crippen molar-refractivity contribution in [3.8, 4) is 0 Å². The van der Waals surface area contributed by atoms with Crippen molar-refractivity contribution in [1.29, 1.82) is 0 Å². The zero-order valence-corrected chi connectivity index (χ0v) is 7.40. The van der Waals surface area contributed by atoms with Crippen molar-refractivity contribution < 1.29 is 0 Å². The molecule has 0 heteroatoms. The molecule has 0 aromatic carbocycles. The van der Waals surface area contributed by atoms with Crippen LogP contribution in [0.2, 0.25) is 0 Å². The third-order valence-corrected chi connectivity index (χ3v) is 1.89. The number of hydrogen-bond acceptors (Lipinski definition) is 0. The van der Waals surface area contributed by atoms with Crippen LogP contribution in [0.5, 0.6) is 0 Å². The number of rotatable bonds is 0. The molecule has 0 bridgehead atoms. The summed E-state index contributed by atoms with van der Waals surface area (Å²) in [4.78, 5) is 0. The predicted molar refractivity (Wildman–Crippen MR) is 48.1 cm³/mol. The van der Waals surface area contributed by atoms with Gasteiger partial charge in [0, 0.05) is 0 Å². The summed E-state index contributed by atoms with van der Waals surface area (Å²) in [6.45, 7) is 7.61. The van der Waals surface area contributed by atoms with Gasteiger partial charge in [-0.2, -0.15) is 0 Å². The third-order valence-electron chi connectivity index (χ3n) is 1.89. The third kappa shape index (κ3) is 5.87. The van der Waals surface area contributed by atoms with Crippen LogP contribution in [-0.4, -0.2) is 0 Å². The molecule has 1 rings (SSSR count). The highest BCUT2D eigenvalue weighted by Gasteiger charge is 2.05. The second kappa shape index (κ2) is 6.85. The maximum atomic E-state index is 3.36. The summed E-state index contributed by atoms with van der Waals surface area (Å²) in [7, 11) is 0. The Morgan fingerprint density at radius 2 is 1.60 bits per heavy atom. The first kappa shape index (κ1) is 9.74. The van der Waals surface area contributed by atoms with Crippen LogP contribution in [0.15, 0.2) is 12.7 Å². The Morgan fingerprint density at radius 1 is 1.20 bits per heavy atom. The molecular weight excluding hydrogens is 120 g/mol. The van der Waals surface area contributed by atoms with Crippen LogP contribution in [-0.2, 0) is 0 Å². The van der Waals surface area contributed by atoms with E-state index in [9.17, 15) is 0 Å². The Balaban J connectivity index is 0.000000236. The average Bonchev–Trinajstić information content (AvgIpc) is 1.91. The van der Waals surface area contributed by atoms with Gasteiger partial charge in [-0.1, -0.05) is 45.1 Å². The van der Waals surface area contributed by atoms with Crippen LogP contribution in [0, 0.1) is 5.92 Å². The lowest BCUT2D eigenvalue weighted by atomic mass is 9.91. The molecule has 0 aliphatic heterocycles. The Morgan fingerprint density at radius 3 is 1.80 bits per heavy atom. The summed E-state index contributed by atoms with van der Waals surface area (Å²) in [5.41, 5.74) is 0. The monoisotopic (exact) mass is 140 g/mol. The normalized spacial score (nSPS) is 19.0. The largest absolute Gasteiger partial charge is 0.103 e. The topological polar surface area (TPSA) is 0 Å². The van der Waals surface area contributed by atoms with Gasteiger partial charge in [0.25, 0.3) is 0 Å². The van der Waals surface area contributed by atoms with Crippen LogP contribution >= 0.6 is 0 Å². The smallest absolute Gasteiger partial charge is 0.0443 e. The Bertz CT molecular complexity index is 68.1. The number of allylic oxidation sites excluding steroid dienone is 1. The molecule has 0 aromatic heterocycles. The zero-order valence-electron chi connectivity index (χ0n) is 7.40. The van der Waals surface area contributed by atoms with Gasteiger partial charge in [0.15, 0.2) is 0 Å². The standard InChI is InChI=1S/C7H14.C3H6/c1-7-5-3-2-4-6-7;1-3-2/h7H,2-6H2,1H3;3H,1H2,2H3. The van der Waals surface area contributed by atoms with Crippen molar-refractivity contribution >= 4 is 0 Å². The summed E-state index contributed by atoms with van der Waals surface area (Å²) in [6.07, 6.45) is 9.19. The fourth-order valence-corrected chi connectivity index (χ4v) is 1.31. The lowest BCUT2D eigenvalue weighted by Gasteiger charge is -2.15. The van der Waals surface area contributed by atoms with Crippen LogP contribution in [0.3, 0.4) is 0 Å². The predicted octanol–water partition coefficient (Wildman–Crippen LogP) is 3.78. The first-order valence-corrected chi connectivity index (χ1v) is 4.38. The van der Waals surface area contributed by atoms with Gasteiger partial charge in [-0.3, -0.25) is 0 Å². The molecule has 0 amide bonds. The SMILES string of the molecule is C=CC.CC1CCCCC1. The van der Waals surface area contributed by atoms with Crippen LogP contribution in [0.1, 0.15) is 46.0 Å². The van der Waals surface area contributed by atoms with Gasteiger partial charge in [-0.05, 0) is 12.8 Å². The van der Waals surface area contributed by atoms with E-state index in [2.05, 4.69) is 13.5 Å². The fourth-order valence-electron chi connectivity index (χ4n) is 1.31. The highest BCUT2D eigenvalue weighted by molar-refractivity contribution is 4.59. The summed E-state index contributed by atoms with van der Waals surface area (Å²) < 4.78 is 0. The summed E-state index contributed by atoms with van der Waals surface area (Å²) >= 11 is 0. The van der Waals surface area contributed by atoms with E-state index in [0.717, 1.165) is 5.92 Å². The number of hydrogen-bond donors (Lipinski definition) is 0. The van der Waals surface area contributed by atoms with E-state index >= 15 is 0 Å². The van der Waals surface area contributed by atoms with E-state index in [1.54, 1.807) is 6.08 Å². The molecule has 0 heterocycles. The van der Waals surface area contributed by atoms with Crippen molar-refractivity contribution in [2.24, 2.45) is 5.92 Å². The fraction of sp³-hybridized carbons (Fsp3) is 0.800. The van der Waals surface area contributed by atoms with Crippen LogP contribution in [0.25, 0.3) is 0 Å². The maximum Gasteiger partial charge on any atom is -0.0443 e. The zero-order chi connectivity index (χ0) is 7.82.